The Morgan fingerprint density at radius 3 is 2.29 bits per heavy atom. The van der Waals surface area contributed by atoms with Crippen LogP contribution in [0, 0.1) is 0 Å². The highest BCUT2D eigenvalue weighted by molar-refractivity contribution is 7.89. The number of nitrogens with zero attached hydrogens (tertiary/aromatic N) is 2. The van der Waals surface area contributed by atoms with E-state index in [1.807, 2.05) is 0 Å². The molecular weight excluding hydrogens is 564 g/mol. The number of carbonyl (C=O) groups is 3. The number of rotatable bonds is 7. The van der Waals surface area contributed by atoms with Gasteiger partial charge in [-0.3, -0.25) is 14.4 Å². The first kappa shape index (κ1) is 28.8. The number of benzene rings is 2. The molecular formula is C29H32N4O6S2. The minimum absolute atomic E-state index is 0.00405. The van der Waals surface area contributed by atoms with E-state index in [9.17, 15) is 22.8 Å². The third kappa shape index (κ3) is 6.14. The molecule has 0 radical (unpaired) electrons. The maximum atomic E-state index is 13.5. The molecule has 2 N–H and O–H groups in total. The number of carbonyl (C=O) groups excluding carboxylic acids is 3. The number of amides is 3. The average molecular weight is 597 g/mol. The third-order valence-corrected chi connectivity index (χ3v) is 10.5. The van der Waals surface area contributed by atoms with E-state index >= 15 is 0 Å². The molecule has 0 unspecified atom stereocenters. The van der Waals surface area contributed by atoms with Crippen molar-refractivity contribution in [2.45, 2.75) is 37.5 Å². The molecule has 1 aliphatic carbocycles. The van der Waals surface area contributed by atoms with Gasteiger partial charge in [-0.1, -0.05) is 6.07 Å². The fourth-order valence-electron chi connectivity index (χ4n) is 5.13. The Morgan fingerprint density at radius 2 is 1.61 bits per heavy atom. The third-order valence-electron chi connectivity index (χ3n) is 7.39. The Bertz CT molecular complexity index is 1570. The molecule has 1 aromatic heterocycles. The molecule has 2 aromatic carbocycles. The second-order valence-corrected chi connectivity index (χ2v) is 13.0. The van der Waals surface area contributed by atoms with Crippen molar-refractivity contribution in [2.75, 3.05) is 43.9 Å². The molecule has 0 atom stereocenters. The highest BCUT2D eigenvalue weighted by Gasteiger charge is 2.30. The van der Waals surface area contributed by atoms with Crippen molar-refractivity contribution >= 4 is 49.8 Å². The number of fused-ring (bicyclic) bond motifs is 1. The number of anilines is 2. The summed E-state index contributed by atoms with van der Waals surface area (Å²) in [5.41, 5.74) is 2.16. The van der Waals surface area contributed by atoms with E-state index in [0.29, 0.717) is 35.1 Å². The molecule has 3 aromatic rings. The molecule has 0 saturated carbocycles. The lowest BCUT2D eigenvalue weighted by Gasteiger charge is -2.33. The molecule has 2 heterocycles. The molecule has 12 heteroatoms. The van der Waals surface area contributed by atoms with Crippen molar-refractivity contribution in [3.63, 3.8) is 0 Å². The van der Waals surface area contributed by atoms with Crippen LogP contribution in [0.5, 0.6) is 5.75 Å². The normalized spacial score (nSPS) is 15.6. The lowest BCUT2D eigenvalue weighted by molar-refractivity contribution is -0.129. The largest absolute Gasteiger partial charge is 0.497 e. The minimum Gasteiger partial charge on any atom is -0.497 e. The zero-order valence-electron chi connectivity index (χ0n) is 22.9. The van der Waals surface area contributed by atoms with Crippen molar-refractivity contribution in [2.24, 2.45) is 0 Å². The lowest BCUT2D eigenvalue weighted by Crippen LogP contribution is -2.49. The number of hydrogen-bond donors (Lipinski definition) is 2. The zero-order valence-corrected chi connectivity index (χ0v) is 24.6. The maximum absolute atomic E-state index is 13.5. The van der Waals surface area contributed by atoms with Crippen molar-refractivity contribution in [3.8, 4) is 5.75 Å². The van der Waals surface area contributed by atoms with Crippen molar-refractivity contribution in [3.05, 3.63) is 70.1 Å². The van der Waals surface area contributed by atoms with Crippen LogP contribution in [-0.4, -0.2) is 68.6 Å². The molecule has 0 bridgehead atoms. The van der Waals surface area contributed by atoms with Crippen molar-refractivity contribution in [1.82, 2.24) is 9.21 Å². The lowest BCUT2D eigenvalue weighted by atomic mass is 9.95. The fourth-order valence-corrected chi connectivity index (χ4v) is 7.88. The van der Waals surface area contributed by atoms with Gasteiger partial charge in [-0.2, -0.15) is 4.31 Å². The Kier molecular flexibility index (Phi) is 8.43. The molecule has 10 nitrogen and oxygen atoms in total. The summed E-state index contributed by atoms with van der Waals surface area (Å²) in [6, 6.07) is 12.9. The van der Waals surface area contributed by atoms with Crippen molar-refractivity contribution in [1.29, 1.82) is 0 Å². The van der Waals surface area contributed by atoms with E-state index in [-0.39, 0.29) is 35.4 Å². The van der Waals surface area contributed by atoms with E-state index in [2.05, 4.69) is 10.6 Å². The number of methoxy groups -OCH3 is 1. The summed E-state index contributed by atoms with van der Waals surface area (Å²) in [5, 5.41) is 6.26. The molecule has 0 spiro atoms. The van der Waals surface area contributed by atoms with Gasteiger partial charge in [0.2, 0.25) is 15.9 Å². The standard InChI is InChI=1S/C29H32N4O6S2/c1-19(34)32-14-16-33(17-15-32)41(37,38)23-7-5-6-20(18-23)27(35)31-29-26(24-8-3-4-9-25(24)40-29)28(36)30-21-10-12-22(39-2)13-11-21/h5-7,10-13,18H,3-4,8-9,14-17H2,1-2H3,(H,30,36)(H,31,35). The van der Waals surface area contributed by atoms with Crippen LogP contribution in [0.3, 0.4) is 0 Å². The molecule has 216 valence electrons. The number of aryl methyl sites for hydroxylation is 1. The molecule has 5 rings (SSSR count). The van der Waals surface area contributed by atoms with Gasteiger partial charge in [-0.25, -0.2) is 8.42 Å². The van der Waals surface area contributed by atoms with Gasteiger partial charge >= 0.3 is 0 Å². The van der Waals surface area contributed by atoms with Gasteiger partial charge in [0, 0.05) is 49.2 Å². The minimum atomic E-state index is -3.86. The molecule has 41 heavy (non-hydrogen) atoms. The van der Waals surface area contributed by atoms with Gasteiger partial charge in [-0.05, 0) is 73.7 Å². The second kappa shape index (κ2) is 12.0. The van der Waals surface area contributed by atoms with Crippen LogP contribution in [0.1, 0.15) is 50.9 Å². The quantitative estimate of drug-likeness (QED) is 0.425. The number of thiophene rings is 1. The Labute approximate surface area is 243 Å². The predicted octanol–water partition coefficient (Wildman–Crippen LogP) is 3.99. The Balaban J connectivity index is 1.37. The monoisotopic (exact) mass is 596 g/mol. The number of piperazine rings is 1. The smallest absolute Gasteiger partial charge is 0.258 e. The predicted molar refractivity (Wildman–Crippen MR) is 157 cm³/mol. The van der Waals surface area contributed by atoms with Crippen LogP contribution >= 0.6 is 11.3 Å². The van der Waals surface area contributed by atoms with Gasteiger partial charge in [0.25, 0.3) is 11.8 Å². The van der Waals surface area contributed by atoms with Crippen LogP contribution in [0.25, 0.3) is 0 Å². The first-order valence-electron chi connectivity index (χ1n) is 13.4. The zero-order chi connectivity index (χ0) is 29.1. The van der Waals surface area contributed by atoms with Crippen LogP contribution in [-0.2, 0) is 27.7 Å². The Morgan fingerprint density at radius 1 is 0.902 bits per heavy atom. The molecule has 2 aliphatic rings. The summed E-state index contributed by atoms with van der Waals surface area (Å²) in [6.45, 7) is 2.47. The van der Waals surface area contributed by atoms with E-state index in [1.165, 1.54) is 40.8 Å². The highest BCUT2D eigenvalue weighted by atomic mass is 32.2. The molecule has 3 amide bonds. The Hall–Kier alpha value is -3.74. The molecule has 1 fully saturated rings. The summed E-state index contributed by atoms with van der Waals surface area (Å²) in [6.07, 6.45) is 3.56. The number of nitrogens with one attached hydrogen (secondary N) is 2. The van der Waals surface area contributed by atoms with Gasteiger partial charge in [0.1, 0.15) is 10.8 Å². The van der Waals surface area contributed by atoms with Crippen LogP contribution in [0.4, 0.5) is 10.7 Å². The van der Waals surface area contributed by atoms with E-state index in [1.54, 1.807) is 42.3 Å². The first-order chi connectivity index (χ1) is 19.7. The summed E-state index contributed by atoms with van der Waals surface area (Å²) in [5.74, 6) is -0.231. The van der Waals surface area contributed by atoms with Crippen LogP contribution in [0.2, 0.25) is 0 Å². The van der Waals surface area contributed by atoms with Gasteiger partial charge in [0.05, 0.1) is 17.6 Å². The van der Waals surface area contributed by atoms with E-state index in [4.69, 9.17) is 4.74 Å². The van der Waals surface area contributed by atoms with Crippen molar-refractivity contribution < 1.29 is 27.5 Å². The van der Waals surface area contributed by atoms with Crippen LogP contribution in [0.15, 0.2) is 53.4 Å². The molecule has 1 saturated heterocycles. The topological polar surface area (TPSA) is 125 Å². The maximum Gasteiger partial charge on any atom is 0.258 e. The number of sulfonamides is 1. The van der Waals surface area contributed by atoms with Gasteiger partial charge in [0.15, 0.2) is 0 Å². The summed E-state index contributed by atoms with van der Waals surface area (Å²) < 4.78 is 33.2. The first-order valence-corrected chi connectivity index (χ1v) is 15.7. The second-order valence-electron chi connectivity index (χ2n) is 9.99. The van der Waals surface area contributed by atoms with Gasteiger partial charge in [-0.15, -0.1) is 11.3 Å². The SMILES string of the molecule is COc1ccc(NC(=O)c2c(NC(=O)c3cccc(S(=O)(=O)N4CCN(C(C)=O)CC4)c3)sc3c2CCCC3)cc1. The van der Waals surface area contributed by atoms with E-state index in [0.717, 1.165) is 36.1 Å². The summed E-state index contributed by atoms with van der Waals surface area (Å²) in [7, 11) is -2.29. The molecule has 1 aliphatic heterocycles. The number of ether oxygens (including phenoxy) is 1. The summed E-state index contributed by atoms with van der Waals surface area (Å²) >= 11 is 1.39. The summed E-state index contributed by atoms with van der Waals surface area (Å²) in [4.78, 5) is 41.2. The average Bonchev–Trinajstić information content (AvgIpc) is 3.35. The fraction of sp³-hybridized carbons (Fsp3) is 0.345. The number of hydrogen-bond acceptors (Lipinski definition) is 7. The highest BCUT2D eigenvalue weighted by Crippen LogP contribution is 2.39. The van der Waals surface area contributed by atoms with Crippen LogP contribution < -0.4 is 15.4 Å². The van der Waals surface area contributed by atoms with E-state index < -0.39 is 15.9 Å². The van der Waals surface area contributed by atoms with Gasteiger partial charge < -0.3 is 20.3 Å².